The van der Waals surface area contributed by atoms with Crippen molar-refractivity contribution in [3.05, 3.63) is 105 Å². The molecule has 6 nitrogen and oxygen atoms in total. The van der Waals surface area contributed by atoms with Crippen LogP contribution in [0, 0.1) is 17.0 Å². The molecule has 3 aromatic carbocycles. The van der Waals surface area contributed by atoms with Crippen LogP contribution in [0.5, 0.6) is 0 Å². The molecule has 0 aliphatic rings. The first kappa shape index (κ1) is 20.7. The number of thiazole rings is 1. The number of nitrogens with zero attached hydrogens (tertiary/aromatic N) is 2. The highest BCUT2D eigenvalue weighted by Crippen LogP contribution is 2.28. The molecule has 0 bridgehead atoms. The predicted molar refractivity (Wildman–Crippen MR) is 122 cm³/mol. The largest absolute Gasteiger partial charge is 0.384 e. The number of aliphatic hydroxyl groups is 1. The van der Waals surface area contributed by atoms with E-state index in [9.17, 15) is 15.2 Å². The maximum absolute atomic E-state index is 10.9. The molecule has 7 heteroatoms. The lowest BCUT2D eigenvalue weighted by molar-refractivity contribution is -0.676. The van der Waals surface area contributed by atoms with Crippen LogP contribution in [0.15, 0.2) is 84.2 Å². The summed E-state index contributed by atoms with van der Waals surface area (Å²) in [5, 5.41) is 28.2. The molecule has 4 aromatic rings. The second kappa shape index (κ2) is 9.07. The van der Waals surface area contributed by atoms with Crippen LogP contribution in [-0.2, 0) is 6.54 Å². The summed E-state index contributed by atoms with van der Waals surface area (Å²) >= 11 is 1.57. The Balaban J connectivity index is 1.68. The van der Waals surface area contributed by atoms with Gasteiger partial charge >= 0.3 is 5.13 Å². The number of rotatable bonds is 7. The minimum absolute atomic E-state index is 0.00548. The number of nitrogens with one attached hydrogen (secondary N) is 1. The monoisotopic (exact) mass is 432 g/mol. The Bertz CT molecular complexity index is 1170. The van der Waals surface area contributed by atoms with Crippen molar-refractivity contribution in [3.8, 4) is 11.3 Å². The highest BCUT2D eigenvalue weighted by molar-refractivity contribution is 7.13. The van der Waals surface area contributed by atoms with Crippen LogP contribution in [-0.4, -0.2) is 10.0 Å². The zero-order chi connectivity index (χ0) is 21.8. The number of nitro groups is 1. The van der Waals surface area contributed by atoms with Gasteiger partial charge in [-0.25, -0.2) is 9.88 Å². The second-order valence-electron chi connectivity index (χ2n) is 7.26. The number of aliphatic hydroxyl groups excluding tert-OH is 1. The minimum Gasteiger partial charge on any atom is -0.384 e. The Kier molecular flexibility index (Phi) is 6.06. The van der Waals surface area contributed by atoms with E-state index in [1.165, 1.54) is 17.7 Å². The number of aromatic nitrogens is 1. The smallest absolute Gasteiger partial charge is 0.339 e. The molecule has 0 saturated heterocycles. The summed E-state index contributed by atoms with van der Waals surface area (Å²) < 4.78 is 2.05. The molecule has 31 heavy (non-hydrogen) atoms. The first-order chi connectivity index (χ1) is 15.0. The SMILES string of the molecule is Cc1ccc(-c2csc(Nc3ccccc3)[n+]2CC(O)c2ccc([N+](=O)[O-])cc2)cc1. The lowest BCUT2D eigenvalue weighted by Gasteiger charge is -2.12. The summed E-state index contributed by atoms with van der Waals surface area (Å²) in [6.07, 6.45) is -0.819. The number of non-ortho nitro benzene ring substituents is 1. The van der Waals surface area contributed by atoms with Gasteiger partial charge in [0.25, 0.3) is 5.69 Å². The van der Waals surface area contributed by atoms with E-state index in [2.05, 4.69) is 39.5 Å². The van der Waals surface area contributed by atoms with Crippen LogP contribution in [0.25, 0.3) is 11.3 Å². The minimum atomic E-state index is -0.819. The van der Waals surface area contributed by atoms with E-state index in [1.54, 1.807) is 23.5 Å². The molecule has 2 N–H and O–H groups in total. The molecule has 156 valence electrons. The molecular formula is C24H22N3O3S+. The molecule has 0 radical (unpaired) electrons. The standard InChI is InChI=1S/C24H21N3O3S/c1-17-7-9-18(10-8-17)22-16-31-24(25-20-5-3-2-4-6-20)26(22)15-23(28)19-11-13-21(14-12-19)27(29)30/h2-14,16,23,28H,15H2,1H3/p+1. The number of hydrogen-bond acceptors (Lipinski definition) is 5. The number of benzene rings is 3. The third-order valence-electron chi connectivity index (χ3n) is 5.03. The van der Waals surface area contributed by atoms with Crippen LogP contribution in [0.3, 0.4) is 0 Å². The van der Waals surface area contributed by atoms with Crippen molar-refractivity contribution in [2.75, 3.05) is 5.32 Å². The molecule has 0 saturated carbocycles. The third-order valence-corrected chi connectivity index (χ3v) is 5.92. The average Bonchev–Trinajstić information content (AvgIpc) is 3.17. The van der Waals surface area contributed by atoms with E-state index in [-0.39, 0.29) is 5.69 Å². The van der Waals surface area contributed by atoms with E-state index in [0.29, 0.717) is 12.1 Å². The van der Waals surface area contributed by atoms with Gasteiger partial charge in [0, 0.05) is 23.1 Å². The van der Waals surface area contributed by atoms with Crippen LogP contribution in [0.4, 0.5) is 16.5 Å². The summed E-state index contributed by atoms with van der Waals surface area (Å²) in [6.45, 7) is 2.35. The molecule has 1 heterocycles. The Morgan fingerprint density at radius 2 is 1.71 bits per heavy atom. The first-order valence-corrected chi connectivity index (χ1v) is 10.7. The quantitative estimate of drug-likeness (QED) is 0.233. The van der Waals surface area contributed by atoms with Crippen LogP contribution in [0.1, 0.15) is 17.2 Å². The molecule has 0 aliphatic heterocycles. The Morgan fingerprint density at radius 3 is 2.35 bits per heavy atom. The van der Waals surface area contributed by atoms with Crippen LogP contribution < -0.4 is 9.88 Å². The van der Waals surface area contributed by atoms with Crippen molar-refractivity contribution in [2.24, 2.45) is 0 Å². The van der Waals surface area contributed by atoms with Gasteiger partial charge in [-0.1, -0.05) is 59.4 Å². The van der Waals surface area contributed by atoms with Gasteiger partial charge in [-0.3, -0.25) is 10.1 Å². The number of nitro benzene ring substituents is 1. The number of anilines is 2. The molecule has 1 aromatic heterocycles. The van der Waals surface area contributed by atoms with E-state index < -0.39 is 11.0 Å². The Labute approximate surface area is 184 Å². The van der Waals surface area contributed by atoms with Gasteiger partial charge < -0.3 is 5.11 Å². The molecule has 0 aliphatic carbocycles. The summed E-state index contributed by atoms with van der Waals surface area (Å²) in [6, 6.07) is 24.2. The summed E-state index contributed by atoms with van der Waals surface area (Å²) in [5.74, 6) is 0. The molecular weight excluding hydrogens is 410 g/mol. The predicted octanol–water partition coefficient (Wildman–Crippen LogP) is 5.40. The molecule has 1 unspecified atom stereocenters. The van der Waals surface area contributed by atoms with Gasteiger partial charge in [-0.05, 0) is 36.8 Å². The highest BCUT2D eigenvalue weighted by atomic mass is 32.1. The van der Waals surface area contributed by atoms with Crippen molar-refractivity contribution in [1.29, 1.82) is 0 Å². The fourth-order valence-corrected chi connectivity index (χ4v) is 4.28. The summed E-state index contributed by atoms with van der Waals surface area (Å²) in [4.78, 5) is 10.5. The van der Waals surface area contributed by atoms with Crippen LogP contribution >= 0.6 is 11.3 Å². The topological polar surface area (TPSA) is 79.3 Å². The normalized spacial score (nSPS) is 11.8. The second-order valence-corrected chi connectivity index (χ2v) is 8.12. The third kappa shape index (κ3) is 4.79. The summed E-state index contributed by atoms with van der Waals surface area (Å²) in [5.41, 5.74) is 4.82. The zero-order valence-electron chi connectivity index (χ0n) is 16.9. The van der Waals surface area contributed by atoms with E-state index in [1.807, 2.05) is 37.3 Å². The zero-order valence-corrected chi connectivity index (χ0v) is 17.8. The molecule has 4 rings (SSSR count). The van der Waals surface area contributed by atoms with Gasteiger partial charge in [0.1, 0.15) is 24.0 Å². The van der Waals surface area contributed by atoms with E-state index in [4.69, 9.17) is 0 Å². The number of aryl methyl sites for hydroxylation is 1. The van der Waals surface area contributed by atoms with Gasteiger partial charge in [0.05, 0.1) is 4.92 Å². The fraction of sp³-hybridized carbons (Fsp3) is 0.125. The summed E-state index contributed by atoms with van der Waals surface area (Å²) in [7, 11) is 0. The van der Waals surface area contributed by atoms with Gasteiger partial charge in [-0.2, -0.15) is 0 Å². The van der Waals surface area contributed by atoms with Crippen molar-refractivity contribution in [3.63, 3.8) is 0 Å². The Hall–Kier alpha value is -3.55. The first-order valence-electron chi connectivity index (χ1n) is 9.84. The lowest BCUT2D eigenvalue weighted by atomic mass is 10.1. The average molecular weight is 433 g/mol. The molecule has 0 spiro atoms. The highest BCUT2D eigenvalue weighted by Gasteiger charge is 2.23. The van der Waals surface area contributed by atoms with Crippen molar-refractivity contribution < 1.29 is 14.6 Å². The number of hydrogen-bond donors (Lipinski definition) is 2. The lowest BCUT2D eigenvalue weighted by Crippen LogP contribution is -2.39. The fourth-order valence-electron chi connectivity index (χ4n) is 3.32. The molecule has 1 atom stereocenters. The number of para-hydroxylation sites is 1. The van der Waals surface area contributed by atoms with Gasteiger partial charge in [0.2, 0.25) is 0 Å². The molecule has 0 amide bonds. The van der Waals surface area contributed by atoms with E-state index in [0.717, 1.165) is 22.1 Å². The van der Waals surface area contributed by atoms with Crippen LogP contribution in [0.2, 0.25) is 0 Å². The maximum Gasteiger partial charge on any atom is 0.339 e. The Morgan fingerprint density at radius 1 is 1.03 bits per heavy atom. The van der Waals surface area contributed by atoms with Crippen molar-refractivity contribution in [1.82, 2.24) is 0 Å². The maximum atomic E-state index is 10.9. The van der Waals surface area contributed by atoms with Crippen molar-refractivity contribution >= 4 is 27.8 Å². The molecule has 0 fully saturated rings. The van der Waals surface area contributed by atoms with E-state index >= 15 is 0 Å². The van der Waals surface area contributed by atoms with Gasteiger partial charge in [-0.15, -0.1) is 0 Å². The van der Waals surface area contributed by atoms with Gasteiger partial charge in [0.15, 0.2) is 0 Å². The van der Waals surface area contributed by atoms with Crippen molar-refractivity contribution in [2.45, 2.75) is 19.6 Å².